The average molecular weight is 260 g/mol. The van der Waals surface area contributed by atoms with Gasteiger partial charge in [0.1, 0.15) is 10.7 Å². The molecule has 0 aliphatic rings. The summed E-state index contributed by atoms with van der Waals surface area (Å²) < 4.78 is 5.07. The Morgan fingerprint density at radius 1 is 1.21 bits per heavy atom. The Kier molecular flexibility index (Phi) is 4.18. The third kappa shape index (κ3) is 3.58. The lowest BCUT2D eigenvalue weighted by Crippen LogP contribution is -1.98. The molecule has 1 N–H and O–H groups in total. The highest BCUT2D eigenvalue weighted by atomic mass is 16.6. The Hall–Kier alpha value is -2.30. The summed E-state index contributed by atoms with van der Waals surface area (Å²) in [5.74, 6) is 0.319. The number of benzene rings is 1. The van der Waals surface area contributed by atoms with Crippen molar-refractivity contribution in [1.29, 1.82) is 0 Å². The van der Waals surface area contributed by atoms with Gasteiger partial charge in [0.15, 0.2) is 0 Å². The van der Waals surface area contributed by atoms with Crippen molar-refractivity contribution in [3.8, 4) is 0 Å². The topological polar surface area (TPSA) is 68.3 Å². The molecule has 0 fully saturated rings. The highest BCUT2D eigenvalue weighted by Gasteiger charge is 2.11. The molecule has 0 saturated heterocycles. The van der Waals surface area contributed by atoms with Gasteiger partial charge in [0.05, 0.1) is 12.6 Å². The molecule has 0 unspecified atom stereocenters. The van der Waals surface area contributed by atoms with Gasteiger partial charge in [-0.05, 0) is 30.2 Å². The van der Waals surface area contributed by atoms with E-state index < -0.39 is 4.92 Å². The fourth-order valence-corrected chi connectivity index (χ4v) is 1.83. The lowest BCUT2D eigenvalue weighted by Gasteiger charge is -2.05. The summed E-state index contributed by atoms with van der Waals surface area (Å²) in [7, 11) is 0. The van der Waals surface area contributed by atoms with Gasteiger partial charge >= 0.3 is 5.88 Å². The zero-order valence-corrected chi connectivity index (χ0v) is 10.8. The lowest BCUT2D eigenvalue weighted by molar-refractivity contribution is -0.402. The van der Waals surface area contributed by atoms with Crippen molar-refractivity contribution < 1.29 is 9.34 Å². The van der Waals surface area contributed by atoms with Gasteiger partial charge < -0.3 is 9.73 Å². The molecule has 0 bridgehead atoms. The van der Waals surface area contributed by atoms with Crippen LogP contribution in [0.25, 0.3) is 0 Å². The summed E-state index contributed by atoms with van der Waals surface area (Å²) in [5, 5.41) is 13.6. The van der Waals surface area contributed by atoms with Crippen LogP contribution in [0.5, 0.6) is 0 Å². The molecule has 0 radical (unpaired) electrons. The number of furan rings is 1. The molecule has 0 atom stereocenters. The minimum atomic E-state index is -0.539. The molecule has 5 heteroatoms. The molecule has 1 aromatic heterocycles. The van der Waals surface area contributed by atoms with Crippen molar-refractivity contribution in [2.75, 3.05) is 5.32 Å². The van der Waals surface area contributed by atoms with Gasteiger partial charge in [0.2, 0.25) is 0 Å². The van der Waals surface area contributed by atoms with Crippen molar-refractivity contribution in [2.45, 2.75) is 26.3 Å². The van der Waals surface area contributed by atoms with Crippen LogP contribution in [0.3, 0.4) is 0 Å². The number of nitrogens with zero attached hydrogens (tertiary/aromatic N) is 1. The standard InChI is InChI=1S/C14H16N2O3/c1-2-3-11-4-6-12(7-5-11)15-10-13-8-9-14(19-13)16(17)18/h4-9,15H,2-3,10H2,1H3. The zero-order chi connectivity index (χ0) is 13.7. The lowest BCUT2D eigenvalue weighted by atomic mass is 10.1. The number of hydrogen-bond acceptors (Lipinski definition) is 4. The third-order valence-electron chi connectivity index (χ3n) is 2.79. The summed E-state index contributed by atoms with van der Waals surface area (Å²) in [6.07, 6.45) is 2.20. The number of nitro groups is 1. The molecular weight excluding hydrogens is 244 g/mol. The smallest absolute Gasteiger partial charge is 0.404 e. The van der Waals surface area contributed by atoms with E-state index in [1.54, 1.807) is 6.07 Å². The maximum Gasteiger partial charge on any atom is 0.433 e. The van der Waals surface area contributed by atoms with Crippen LogP contribution in [0.15, 0.2) is 40.8 Å². The monoisotopic (exact) mass is 260 g/mol. The molecule has 2 rings (SSSR count). The predicted molar refractivity (Wildman–Crippen MR) is 73.1 cm³/mol. The van der Waals surface area contributed by atoms with Crippen LogP contribution >= 0.6 is 0 Å². The van der Waals surface area contributed by atoms with Crippen LogP contribution in [0.1, 0.15) is 24.7 Å². The molecule has 19 heavy (non-hydrogen) atoms. The van der Waals surface area contributed by atoms with Crippen molar-refractivity contribution in [3.63, 3.8) is 0 Å². The second-order valence-corrected chi connectivity index (χ2v) is 4.30. The number of hydrogen-bond donors (Lipinski definition) is 1. The largest absolute Gasteiger partial charge is 0.433 e. The van der Waals surface area contributed by atoms with E-state index in [4.69, 9.17) is 4.42 Å². The van der Waals surface area contributed by atoms with Crippen LogP contribution in [-0.2, 0) is 13.0 Å². The fourth-order valence-electron chi connectivity index (χ4n) is 1.83. The maximum absolute atomic E-state index is 10.5. The van der Waals surface area contributed by atoms with Crippen LogP contribution in [0, 0.1) is 10.1 Å². The molecule has 0 aliphatic heterocycles. The van der Waals surface area contributed by atoms with Gasteiger partial charge in [-0.2, -0.15) is 0 Å². The summed E-state index contributed by atoms with van der Waals surface area (Å²) >= 11 is 0. The first-order chi connectivity index (χ1) is 9.19. The first-order valence-corrected chi connectivity index (χ1v) is 6.25. The second-order valence-electron chi connectivity index (χ2n) is 4.30. The molecule has 5 nitrogen and oxygen atoms in total. The van der Waals surface area contributed by atoms with Crippen molar-refractivity contribution >= 4 is 11.6 Å². The number of rotatable bonds is 6. The van der Waals surface area contributed by atoms with Crippen molar-refractivity contribution in [2.24, 2.45) is 0 Å². The van der Waals surface area contributed by atoms with Crippen LogP contribution < -0.4 is 5.32 Å². The molecule has 1 aromatic carbocycles. The van der Waals surface area contributed by atoms with Gasteiger partial charge in [-0.25, -0.2) is 0 Å². The van der Waals surface area contributed by atoms with Crippen LogP contribution in [0.4, 0.5) is 11.6 Å². The molecule has 0 spiro atoms. The van der Waals surface area contributed by atoms with E-state index in [0.29, 0.717) is 12.3 Å². The highest BCUT2D eigenvalue weighted by molar-refractivity contribution is 5.44. The minimum absolute atomic E-state index is 0.227. The number of aryl methyl sites for hydroxylation is 1. The zero-order valence-electron chi connectivity index (χ0n) is 10.8. The van der Waals surface area contributed by atoms with Gasteiger partial charge in [-0.1, -0.05) is 25.5 Å². The number of anilines is 1. The summed E-state index contributed by atoms with van der Waals surface area (Å²) in [5.41, 5.74) is 2.28. The van der Waals surface area contributed by atoms with Gasteiger partial charge in [-0.3, -0.25) is 10.1 Å². The molecule has 2 aromatic rings. The third-order valence-corrected chi connectivity index (χ3v) is 2.79. The second kappa shape index (κ2) is 6.04. The van der Waals surface area contributed by atoms with Gasteiger partial charge in [0.25, 0.3) is 0 Å². The van der Waals surface area contributed by atoms with Crippen LogP contribution in [-0.4, -0.2) is 4.92 Å². The first kappa shape index (κ1) is 13.1. The van der Waals surface area contributed by atoms with Crippen LogP contribution in [0.2, 0.25) is 0 Å². The molecule has 0 amide bonds. The van der Waals surface area contributed by atoms with Gasteiger partial charge in [0, 0.05) is 5.69 Å². The van der Waals surface area contributed by atoms with Crippen molar-refractivity contribution in [1.82, 2.24) is 0 Å². The van der Waals surface area contributed by atoms with Crippen molar-refractivity contribution in [3.05, 3.63) is 57.8 Å². The Morgan fingerprint density at radius 3 is 2.53 bits per heavy atom. The SMILES string of the molecule is CCCc1ccc(NCc2ccc([N+](=O)[O-])o2)cc1. The molecular formula is C14H16N2O3. The molecule has 100 valence electrons. The molecule has 1 heterocycles. The summed E-state index contributed by atoms with van der Waals surface area (Å²) in [6, 6.07) is 11.1. The fraction of sp³-hybridized carbons (Fsp3) is 0.286. The highest BCUT2D eigenvalue weighted by Crippen LogP contribution is 2.17. The molecule has 0 saturated carbocycles. The minimum Gasteiger partial charge on any atom is -0.404 e. The predicted octanol–water partition coefficient (Wildman–Crippen LogP) is 3.75. The van der Waals surface area contributed by atoms with E-state index in [1.165, 1.54) is 11.6 Å². The van der Waals surface area contributed by atoms with E-state index in [-0.39, 0.29) is 5.88 Å². The quantitative estimate of drug-likeness (QED) is 0.634. The van der Waals surface area contributed by atoms with Gasteiger partial charge in [-0.15, -0.1) is 0 Å². The number of nitrogens with one attached hydrogen (secondary N) is 1. The summed E-state index contributed by atoms with van der Waals surface area (Å²) in [4.78, 5) is 9.94. The van der Waals surface area contributed by atoms with E-state index in [0.717, 1.165) is 18.5 Å². The normalized spacial score (nSPS) is 10.4. The van der Waals surface area contributed by atoms with E-state index in [1.807, 2.05) is 12.1 Å². The van der Waals surface area contributed by atoms with E-state index in [2.05, 4.69) is 24.4 Å². The van der Waals surface area contributed by atoms with E-state index in [9.17, 15) is 10.1 Å². The Bertz CT molecular complexity index is 546. The average Bonchev–Trinajstić information content (AvgIpc) is 2.87. The Morgan fingerprint density at radius 2 is 1.95 bits per heavy atom. The Balaban J connectivity index is 1.92. The summed E-state index contributed by atoms with van der Waals surface area (Å²) in [6.45, 7) is 2.58. The maximum atomic E-state index is 10.5. The van der Waals surface area contributed by atoms with E-state index >= 15 is 0 Å². The molecule has 0 aliphatic carbocycles. The first-order valence-electron chi connectivity index (χ1n) is 6.25. The Labute approximate surface area is 111 Å².